The minimum Gasteiger partial charge on any atom is -0.456 e. The largest absolute Gasteiger partial charge is 0.646 e. The molecule has 2 aliphatic rings. The fourth-order valence-corrected chi connectivity index (χ4v) is 6.42. The highest BCUT2D eigenvalue weighted by Gasteiger charge is 2.56. The highest BCUT2D eigenvalue weighted by atomic mass is 31.2. The number of hydrogen-bond acceptors (Lipinski definition) is 10. The topological polar surface area (TPSA) is 138 Å². The zero-order valence-electron chi connectivity index (χ0n) is 22.4. The van der Waals surface area contributed by atoms with Crippen LogP contribution < -0.4 is 9.05 Å². The number of nitrogens with zero attached hydrogens (tertiary/aromatic N) is 2. The van der Waals surface area contributed by atoms with Gasteiger partial charge in [0.25, 0.3) is 5.69 Å². The number of hydrogen-bond donors (Lipinski definition) is 1. The van der Waals surface area contributed by atoms with Gasteiger partial charge in [-0.15, -0.1) is 0 Å². The summed E-state index contributed by atoms with van der Waals surface area (Å²) in [6.07, 6.45) is -0.650. The molecule has 2 heterocycles. The number of ether oxygens (including phenoxy) is 1. The van der Waals surface area contributed by atoms with Crippen LogP contribution >= 0.6 is 7.82 Å². The summed E-state index contributed by atoms with van der Waals surface area (Å²) >= 11 is 0. The van der Waals surface area contributed by atoms with Crippen LogP contribution in [0.4, 0.5) is 5.69 Å². The second kappa shape index (κ2) is 11.6. The molecule has 41 heavy (non-hydrogen) atoms. The van der Waals surface area contributed by atoms with E-state index in [1.54, 1.807) is 72.5 Å². The molecule has 0 aliphatic carbocycles. The molecule has 0 bridgehead atoms. The van der Waals surface area contributed by atoms with Gasteiger partial charge < -0.3 is 28.3 Å². The zero-order valence-corrected chi connectivity index (χ0v) is 23.3. The smallest absolute Gasteiger partial charge is 0.456 e. The normalized spacial score (nSPS) is 20.5. The van der Waals surface area contributed by atoms with Gasteiger partial charge in [-0.25, -0.2) is 4.79 Å². The number of nitro groups is 1. The van der Waals surface area contributed by atoms with Crippen molar-refractivity contribution in [3.05, 3.63) is 112 Å². The number of phosphoric ester groups is 1. The third kappa shape index (κ3) is 6.06. The van der Waals surface area contributed by atoms with Crippen molar-refractivity contribution < 1.29 is 37.7 Å². The predicted molar refractivity (Wildman–Crippen MR) is 148 cm³/mol. The number of para-hydroxylation sites is 2. The number of esters is 1. The maximum absolute atomic E-state index is 14.2. The molecule has 3 aromatic rings. The summed E-state index contributed by atoms with van der Waals surface area (Å²) in [4.78, 5) is 25.7. The fourth-order valence-electron chi connectivity index (χ4n) is 5.05. The Labute approximate surface area is 236 Å². The van der Waals surface area contributed by atoms with Crippen molar-refractivity contribution in [2.75, 3.05) is 6.54 Å². The molecule has 214 valence electrons. The summed E-state index contributed by atoms with van der Waals surface area (Å²) < 4.78 is 37.3. The number of benzene rings is 3. The Hall–Kier alpha value is -4.34. The SMILES string of the molecule is C[C@@H](O)[C@H]1CN2C(C(=O)OCc3ccc([N+](=O)[O-])cc3)=C(OP(=O)(Oc3ccccc3)Oc3ccccc3)[C@H](C)[C@H]12. The average Bonchev–Trinajstić information content (AvgIpc) is 3.13. The Morgan fingerprint density at radius 1 is 1.00 bits per heavy atom. The van der Waals surface area contributed by atoms with Gasteiger partial charge in [-0.05, 0) is 48.9 Å². The molecule has 5 rings (SSSR count). The molecule has 0 amide bonds. The monoisotopic (exact) mass is 580 g/mol. The van der Waals surface area contributed by atoms with Crippen LogP contribution in [0.3, 0.4) is 0 Å². The molecule has 0 radical (unpaired) electrons. The first kappa shape index (κ1) is 28.2. The maximum atomic E-state index is 14.2. The van der Waals surface area contributed by atoms with E-state index in [-0.39, 0.29) is 47.2 Å². The fraction of sp³-hybridized carbons (Fsp3) is 0.276. The van der Waals surface area contributed by atoms with Crippen LogP contribution in [0.15, 0.2) is 96.4 Å². The van der Waals surface area contributed by atoms with Crippen LogP contribution in [0.5, 0.6) is 11.5 Å². The molecule has 1 fully saturated rings. The minimum atomic E-state index is -4.41. The van der Waals surface area contributed by atoms with Crippen molar-refractivity contribution in [2.45, 2.75) is 32.6 Å². The van der Waals surface area contributed by atoms with E-state index >= 15 is 0 Å². The minimum absolute atomic E-state index is 0.0647. The quantitative estimate of drug-likeness (QED) is 0.135. The first-order chi connectivity index (χ1) is 19.6. The van der Waals surface area contributed by atoms with E-state index in [1.807, 2.05) is 6.92 Å². The van der Waals surface area contributed by atoms with Crippen molar-refractivity contribution >= 4 is 19.5 Å². The Morgan fingerprint density at radius 3 is 2.07 bits per heavy atom. The summed E-state index contributed by atoms with van der Waals surface area (Å²) in [5.41, 5.74) is 0.531. The predicted octanol–water partition coefficient (Wildman–Crippen LogP) is 5.46. The van der Waals surface area contributed by atoms with Gasteiger partial charge >= 0.3 is 13.8 Å². The van der Waals surface area contributed by atoms with Crippen molar-refractivity contribution in [2.24, 2.45) is 11.8 Å². The number of rotatable bonds is 11. The van der Waals surface area contributed by atoms with E-state index in [0.717, 1.165) is 0 Å². The van der Waals surface area contributed by atoms with Gasteiger partial charge in [0.05, 0.1) is 11.0 Å². The Bertz CT molecular complexity index is 1430. The van der Waals surface area contributed by atoms with Crippen LogP contribution in [0.1, 0.15) is 19.4 Å². The molecule has 12 heteroatoms. The summed E-state index contributed by atoms with van der Waals surface area (Å²) in [7, 11) is -4.41. The number of phosphoric acid groups is 1. The van der Waals surface area contributed by atoms with Crippen LogP contribution in [0, 0.1) is 22.0 Å². The average molecular weight is 581 g/mol. The van der Waals surface area contributed by atoms with E-state index in [2.05, 4.69) is 0 Å². The third-order valence-corrected chi connectivity index (χ3v) is 8.40. The van der Waals surface area contributed by atoms with Crippen LogP contribution in [0.2, 0.25) is 0 Å². The second-order valence-electron chi connectivity index (χ2n) is 9.90. The van der Waals surface area contributed by atoms with Gasteiger partial charge in [-0.1, -0.05) is 43.3 Å². The number of nitro benzene ring substituents is 1. The number of carbonyl (C=O) groups excluding carboxylic acids is 1. The molecule has 0 aromatic heterocycles. The Balaban J connectivity index is 1.45. The molecule has 3 aromatic carbocycles. The first-order valence-electron chi connectivity index (χ1n) is 13.0. The van der Waals surface area contributed by atoms with Crippen molar-refractivity contribution in [3.8, 4) is 11.5 Å². The van der Waals surface area contributed by atoms with Gasteiger partial charge in [0.1, 0.15) is 23.9 Å². The highest BCUT2D eigenvalue weighted by molar-refractivity contribution is 7.49. The van der Waals surface area contributed by atoms with Gasteiger partial charge in [0, 0.05) is 36.6 Å². The van der Waals surface area contributed by atoms with Gasteiger partial charge in [0.15, 0.2) is 5.70 Å². The van der Waals surface area contributed by atoms with E-state index in [4.69, 9.17) is 18.3 Å². The lowest BCUT2D eigenvalue weighted by Gasteiger charge is -2.48. The lowest BCUT2D eigenvalue weighted by molar-refractivity contribution is -0.384. The van der Waals surface area contributed by atoms with E-state index < -0.39 is 30.7 Å². The molecule has 11 nitrogen and oxygen atoms in total. The van der Waals surface area contributed by atoms with Crippen molar-refractivity contribution in [1.82, 2.24) is 4.90 Å². The molecule has 2 aliphatic heterocycles. The summed E-state index contributed by atoms with van der Waals surface area (Å²) in [6.45, 7) is 3.71. The van der Waals surface area contributed by atoms with Crippen LogP contribution in [-0.2, 0) is 25.2 Å². The van der Waals surface area contributed by atoms with E-state index in [1.165, 1.54) is 24.3 Å². The number of non-ortho nitro benzene ring substituents is 1. The number of aliphatic hydroxyl groups excluding tert-OH is 1. The summed E-state index contributed by atoms with van der Waals surface area (Å²) in [6, 6.07) is 22.2. The molecule has 0 saturated carbocycles. The van der Waals surface area contributed by atoms with Crippen LogP contribution in [0.25, 0.3) is 0 Å². The van der Waals surface area contributed by atoms with Crippen molar-refractivity contribution in [1.29, 1.82) is 0 Å². The molecule has 0 spiro atoms. The number of aliphatic hydroxyl groups is 1. The molecular weight excluding hydrogens is 551 g/mol. The van der Waals surface area contributed by atoms with Crippen LogP contribution in [-0.4, -0.2) is 39.6 Å². The molecule has 1 N–H and O–H groups in total. The Morgan fingerprint density at radius 2 is 1.56 bits per heavy atom. The maximum Gasteiger partial charge on any atom is 0.646 e. The summed E-state index contributed by atoms with van der Waals surface area (Å²) in [5, 5.41) is 21.3. The lowest BCUT2D eigenvalue weighted by atomic mass is 9.80. The molecule has 0 unspecified atom stereocenters. The third-order valence-electron chi connectivity index (χ3n) is 7.11. The standard InChI is InChI=1S/C29H29N2O9P/c1-19-26-25(20(2)32)17-30(26)27(29(33)37-18-21-13-15-22(16-14-21)31(34)35)28(19)40-41(36,38-23-9-5-3-6-10-23)39-24-11-7-4-8-12-24/h3-16,19-20,25-26,32H,17-18H2,1-2H3/t19-,20-,25-,26-/m1/s1. The first-order valence-corrected chi connectivity index (χ1v) is 14.5. The molecular formula is C29H29N2O9P. The lowest BCUT2D eigenvalue weighted by Crippen LogP contribution is -2.59. The van der Waals surface area contributed by atoms with Gasteiger partial charge in [0.2, 0.25) is 0 Å². The summed E-state index contributed by atoms with van der Waals surface area (Å²) in [5.74, 6) is -0.800. The van der Waals surface area contributed by atoms with Gasteiger partial charge in [-0.3, -0.25) is 10.1 Å². The molecule has 1 saturated heterocycles. The highest BCUT2D eigenvalue weighted by Crippen LogP contribution is 2.56. The van der Waals surface area contributed by atoms with Crippen molar-refractivity contribution in [3.63, 3.8) is 0 Å². The van der Waals surface area contributed by atoms with E-state index in [9.17, 15) is 24.6 Å². The second-order valence-corrected chi connectivity index (χ2v) is 11.3. The van der Waals surface area contributed by atoms with Gasteiger partial charge in [-0.2, -0.15) is 4.57 Å². The van der Waals surface area contributed by atoms with E-state index in [0.29, 0.717) is 12.1 Å². The molecule has 4 atom stereocenters. The number of fused-ring (bicyclic) bond motifs is 1. The zero-order chi connectivity index (χ0) is 29.1. The Kier molecular flexibility index (Phi) is 8.01. The number of carbonyl (C=O) groups is 1.